The first-order valence-corrected chi connectivity index (χ1v) is 23.6. The first-order valence-electron chi connectivity index (χ1n) is 22.3. The minimum atomic E-state index is -0.863. The maximum Gasteiger partial charge on any atom is 0.407 e. The third kappa shape index (κ3) is 11.2. The average molecular weight is 896 g/mol. The Labute approximate surface area is 383 Å². The number of methoxy groups -OCH3 is 2. The standard InChI is InChI=1S/C50H65N5O6S2/c1-9-32(4)45(54(6)49(57)44(31(2)3)53-50(58)61-30-39-37-22-15-13-20-35(37)36-21-14-16-23-38(36)39)42(59-7)29-43(56)55-26-17-24-41(55)46(60-8)33(5)47(62)52-40(48-51-25-27-63-48)28-34-18-11-10-12-19-34/h10-16,18-23,25,27,31-33,39-42,44-46H,9,17,24,26,28-30H2,1-8H3,(H,52,62)(H,53,58)/t32-,33+,40-,41-,42+,44-,45-,46+/m0/s1. The molecule has 0 saturated carbocycles. The predicted molar refractivity (Wildman–Crippen MR) is 254 cm³/mol. The number of likely N-dealkylation sites (tertiary alicyclic amines) is 1. The van der Waals surface area contributed by atoms with Gasteiger partial charge in [0.25, 0.3) is 0 Å². The Bertz CT molecular complexity index is 2090. The van der Waals surface area contributed by atoms with E-state index < -0.39 is 24.3 Å². The largest absolute Gasteiger partial charge is 0.449 e. The van der Waals surface area contributed by atoms with Crippen LogP contribution in [-0.2, 0) is 30.2 Å². The molecule has 2 aliphatic rings. The van der Waals surface area contributed by atoms with Gasteiger partial charge in [0.15, 0.2) is 0 Å². The third-order valence-corrected chi connectivity index (χ3v) is 14.5. The van der Waals surface area contributed by atoms with Crippen molar-refractivity contribution in [1.29, 1.82) is 0 Å². The van der Waals surface area contributed by atoms with Crippen LogP contribution in [0.15, 0.2) is 90.4 Å². The van der Waals surface area contributed by atoms with Crippen LogP contribution in [-0.4, -0.2) is 102 Å². The van der Waals surface area contributed by atoms with Gasteiger partial charge in [-0.15, -0.1) is 11.3 Å². The summed E-state index contributed by atoms with van der Waals surface area (Å²) in [5, 5.41) is 9.44. The Balaban J connectivity index is 1.11. The highest BCUT2D eigenvalue weighted by molar-refractivity contribution is 7.80. The van der Waals surface area contributed by atoms with E-state index in [-0.39, 0.29) is 66.7 Å². The van der Waals surface area contributed by atoms with E-state index in [9.17, 15) is 14.4 Å². The number of carbonyl (C=O) groups excluding carboxylic acids is 3. The van der Waals surface area contributed by atoms with E-state index in [1.807, 2.05) is 72.8 Å². The second kappa shape index (κ2) is 22.3. The number of alkyl carbamates (subject to hydrolysis) is 1. The number of nitrogens with zero attached hydrogens (tertiary/aromatic N) is 3. The van der Waals surface area contributed by atoms with E-state index >= 15 is 0 Å². The molecule has 2 heterocycles. The quantitative estimate of drug-likeness (QED) is 0.0839. The normalized spacial score (nSPS) is 18.0. The number of ether oxygens (including phenoxy) is 3. The Kier molecular flexibility index (Phi) is 16.9. The van der Waals surface area contributed by atoms with Crippen molar-refractivity contribution in [2.24, 2.45) is 17.8 Å². The zero-order valence-electron chi connectivity index (χ0n) is 38.0. The summed E-state index contributed by atoms with van der Waals surface area (Å²) < 4.78 is 18.2. The second-order valence-corrected chi connectivity index (χ2v) is 18.8. The number of hydrogen-bond acceptors (Lipinski definition) is 9. The van der Waals surface area contributed by atoms with Crippen molar-refractivity contribution in [1.82, 2.24) is 25.4 Å². The molecule has 1 aliphatic carbocycles. The molecule has 11 nitrogen and oxygen atoms in total. The summed E-state index contributed by atoms with van der Waals surface area (Å²) in [4.78, 5) is 51.3. The number of rotatable bonds is 20. The fourth-order valence-electron chi connectivity index (χ4n) is 9.57. The van der Waals surface area contributed by atoms with Gasteiger partial charge in [0.2, 0.25) is 11.8 Å². The molecular formula is C50H65N5O6S2. The fourth-order valence-corrected chi connectivity index (χ4v) is 10.5. The molecular weight excluding hydrogens is 831 g/mol. The summed E-state index contributed by atoms with van der Waals surface area (Å²) in [5.41, 5.74) is 5.69. The topological polar surface area (TPSA) is 122 Å². The van der Waals surface area contributed by atoms with Gasteiger partial charge in [0.05, 0.1) is 41.7 Å². The maximum atomic E-state index is 14.5. The summed E-state index contributed by atoms with van der Waals surface area (Å²) in [5.74, 6) is -0.900. The number of likely N-dealkylation sites (N-methyl/N-ethyl adjacent to an activating group) is 1. The Hall–Kier alpha value is -4.69. The number of amides is 3. The number of fused-ring (bicyclic) bond motifs is 3. The van der Waals surface area contributed by atoms with E-state index in [1.54, 1.807) is 37.5 Å². The highest BCUT2D eigenvalue weighted by Crippen LogP contribution is 2.44. The van der Waals surface area contributed by atoms with E-state index in [4.69, 9.17) is 26.4 Å². The fraction of sp³-hybridized carbons (Fsp3) is 0.500. The van der Waals surface area contributed by atoms with Gasteiger partial charge in [-0.3, -0.25) is 9.59 Å². The molecule has 0 spiro atoms. The number of hydrogen-bond donors (Lipinski definition) is 2. The molecule has 1 aliphatic heterocycles. The summed E-state index contributed by atoms with van der Waals surface area (Å²) in [6, 6.07) is 25.0. The van der Waals surface area contributed by atoms with Crippen LogP contribution in [0.5, 0.6) is 0 Å². The number of benzene rings is 3. The van der Waals surface area contributed by atoms with Gasteiger partial charge in [0, 0.05) is 51.2 Å². The summed E-state index contributed by atoms with van der Waals surface area (Å²) in [6.07, 6.45) is 3.36. The first-order chi connectivity index (χ1) is 30.4. The summed E-state index contributed by atoms with van der Waals surface area (Å²) in [6.45, 7) is 10.7. The summed E-state index contributed by atoms with van der Waals surface area (Å²) in [7, 11) is 5.03. The van der Waals surface area contributed by atoms with Gasteiger partial charge in [-0.1, -0.05) is 132 Å². The van der Waals surface area contributed by atoms with E-state index in [2.05, 4.69) is 72.8 Å². The van der Waals surface area contributed by atoms with Crippen LogP contribution in [0, 0.1) is 17.8 Å². The van der Waals surface area contributed by atoms with Gasteiger partial charge in [-0.05, 0) is 58.9 Å². The Morgan fingerprint density at radius 2 is 1.57 bits per heavy atom. The van der Waals surface area contributed by atoms with Crippen LogP contribution in [0.3, 0.4) is 0 Å². The molecule has 1 saturated heterocycles. The van der Waals surface area contributed by atoms with Gasteiger partial charge >= 0.3 is 6.09 Å². The number of aromatic nitrogens is 1. The lowest BCUT2D eigenvalue weighted by atomic mass is 9.89. The number of thiazole rings is 1. The highest BCUT2D eigenvalue weighted by atomic mass is 32.1. The lowest BCUT2D eigenvalue weighted by molar-refractivity contribution is -0.145. The molecule has 0 unspecified atom stereocenters. The SMILES string of the molecule is CC[C@H](C)[C@@H]([C@@H](CC(=O)N1CCC[C@H]1[C@H](OC)[C@@H](C)C(=S)N[C@@H](Cc1ccccc1)c1nccs1)OC)N(C)C(=O)[C@@H](NC(=O)OCC1c2ccccc2-c2ccccc21)C(C)C. The van der Waals surface area contributed by atoms with Crippen molar-refractivity contribution < 1.29 is 28.6 Å². The molecule has 3 amide bonds. The smallest absolute Gasteiger partial charge is 0.407 e. The molecule has 3 aromatic carbocycles. The van der Waals surface area contributed by atoms with Crippen LogP contribution in [0.1, 0.15) is 94.0 Å². The Morgan fingerprint density at radius 1 is 0.921 bits per heavy atom. The van der Waals surface area contributed by atoms with Crippen molar-refractivity contribution >= 4 is 46.5 Å². The van der Waals surface area contributed by atoms with Gasteiger partial charge in [0.1, 0.15) is 17.7 Å². The number of nitrogens with one attached hydrogen (secondary N) is 2. The highest BCUT2D eigenvalue weighted by Gasteiger charge is 2.43. The first kappa shape index (κ1) is 47.8. The van der Waals surface area contributed by atoms with Crippen molar-refractivity contribution in [2.45, 2.75) is 109 Å². The molecule has 13 heteroatoms. The molecule has 1 aromatic heterocycles. The van der Waals surface area contributed by atoms with Crippen molar-refractivity contribution in [2.75, 3.05) is 34.4 Å². The van der Waals surface area contributed by atoms with Crippen LogP contribution < -0.4 is 10.6 Å². The second-order valence-electron chi connectivity index (χ2n) is 17.4. The lowest BCUT2D eigenvalue weighted by Crippen LogP contribution is -2.57. The van der Waals surface area contributed by atoms with Gasteiger partial charge in [-0.2, -0.15) is 0 Å². The van der Waals surface area contributed by atoms with Gasteiger partial charge in [-0.25, -0.2) is 9.78 Å². The molecule has 338 valence electrons. The molecule has 0 radical (unpaired) electrons. The van der Waals surface area contributed by atoms with E-state index in [1.165, 1.54) is 5.56 Å². The van der Waals surface area contributed by atoms with Crippen molar-refractivity contribution in [3.63, 3.8) is 0 Å². The third-order valence-electron chi connectivity index (χ3n) is 13.2. The van der Waals surface area contributed by atoms with Crippen molar-refractivity contribution in [3.05, 3.63) is 112 Å². The minimum Gasteiger partial charge on any atom is -0.449 e. The van der Waals surface area contributed by atoms with Crippen LogP contribution in [0.4, 0.5) is 4.79 Å². The molecule has 63 heavy (non-hydrogen) atoms. The molecule has 0 bridgehead atoms. The predicted octanol–water partition coefficient (Wildman–Crippen LogP) is 8.83. The molecule has 8 atom stereocenters. The van der Waals surface area contributed by atoms with Gasteiger partial charge < -0.3 is 34.6 Å². The molecule has 1 fully saturated rings. The summed E-state index contributed by atoms with van der Waals surface area (Å²) >= 11 is 7.66. The van der Waals surface area contributed by atoms with Crippen molar-refractivity contribution in [3.8, 4) is 11.1 Å². The van der Waals surface area contributed by atoms with Crippen LogP contribution >= 0.6 is 23.6 Å². The van der Waals surface area contributed by atoms with E-state index in [0.717, 1.165) is 52.9 Å². The van der Waals surface area contributed by atoms with E-state index in [0.29, 0.717) is 11.5 Å². The average Bonchev–Trinajstić information content (AvgIpc) is 4.08. The van der Waals surface area contributed by atoms with Crippen LogP contribution in [0.25, 0.3) is 11.1 Å². The monoisotopic (exact) mass is 895 g/mol. The lowest BCUT2D eigenvalue weighted by Gasteiger charge is -2.41. The zero-order chi connectivity index (χ0) is 45.2. The number of carbonyl (C=O) groups is 3. The molecule has 6 rings (SSSR count). The molecule has 4 aromatic rings. The Morgan fingerprint density at radius 3 is 2.16 bits per heavy atom. The van der Waals surface area contributed by atoms with Crippen LogP contribution in [0.2, 0.25) is 0 Å². The zero-order valence-corrected chi connectivity index (χ0v) is 39.6. The maximum absolute atomic E-state index is 14.5. The minimum absolute atomic E-state index is 0.0230. The number of thiocarbonyl (C=S) groups is 1. The molecule has 2 N–H and O–H groups in total.